The topological polar surface area (TPSA) is 29.9 Å². The van der Waals surface area contributed by atoms with Crippen molar-refractivity contribution in [2.45, 2.75) is 63.8 Å². The molecule has 0 spiro atoms. The van der Waals surface area contributed by atoms with Crippen molar-refractivity contribution in [3.8, 4) is 0 Å². The van der Waals surface area contributed by atoms with E-state index in [4.69, 9.17) is 4.98 Å². The summed E-state index contributed by atoms with van der Waals surface area (Å²) < 4.78 is 2.61. The summed E-state index contributed by atoms with van der Waals surface area (Å²) >= 11 is 0. The first kappa shape index (κ1) is 10.9. The first-order valence-corrected chi connectivity index (χ1v) is 7.77. The Morgan fingerprint density at radius 2 is 1.83 bits per heavy atom. The third-order valence-corrected chi connectivity index (χ3v) is 5.17. The van der Waals surface area contributed by atoms with Crippen molar-refractivity contribution in [2.75, 3.05) is 11.9 Å². The number of aryl methyl sites for hydroxylation is 1. The molecule has 2 heterocycles. The SMILES string of the molecule is C1CCc2c(nc3n2C(C2CCCC2)CCN3)C1. The Morgan fingerprint density at radius 3 is 2.72 bits per heavy atom. The van der Waals surface area contributed by atoms with Crippen LogP contribution in [0.2, 0.25) is 0 Å². The van der Waals surface area contributed by atoms with Crippen molar-refractivity contribution in [1.82, 2.24) is 9.55 Å². The summed E-state index contributed by atoms with van der Waals surface area (Å²) in [6.45, 7) is 1.12. The third kappa shape index (κ3) is 1.59. The van der Waals surface area contributed by atoms with Crippen LogP contribution in [0.4, 0.5) is 5.95 Å². The molecule has 0 aromatic carbocycles. The minimum absolute atomic E-state index is 0.748. The van der Waals surface area contributed by atoms with Gasteiger partial charge in [-0.3, -0.25) is 0 Å². The fraction of sp³-hybridized carbons (Fsp3) is 0.800. The molecule has 0 saturated heterocycles. The van der Waals surface area contributed by atoms with E-state index in [0.29, 0.717) is 0 Å². The number of aromatic nitrogens is 2. The maximum absolute atomic E-state index is 4.86. The van der Waals surface area contributed by atoms with Crippen molar-refractivity contribution in [1.29, 1.82) is 0 Å². The van der Waals surface area contributed by atoms with Crippen LogP contribution in [0.15, 0.2) is 0 Å². The highest BCUT2D eigenvalue weighted by Crippen LogP contribution is 2.41. The molecule has 1 aliphatic heterocycles. The second kappa shape index (κ2) is 4.29. The first-order valence-electron chi connectivity index (χ1n) is 7.77. The number of rotatable bonds is 1. The molecule has 1 aromatic rings. The van der Waals surface area contributed by atoms with Crippen LogP contribution in [0.3, 0.4) is 0 Å². The molecule has 0 amide bonds. The van der Waals surface area contributed by atoms with Crippen molar-refractivity contribution in [3.05, 3.63) is 11.4 Å². The van der Waals surface area contributed by atoms with Crippen LogP contribution < -0.4 is 5.32 Å². The lowest BCUT2D eigenvalue weighted by Gasteiger charge is -2.32. The lowest BCUT2D eigenvalue weighted by atomic mass is 9.92. The van der Waals surface area contributed by atoms with E-state index in [1.54, 1.807) is 5.69 Å². The molecular weight excluding hydrogens is 222 g/mol. The van der Waals surface area contributed by atoms with Crippen LogP contribution in [0, 0.1) is 5.92 Å². The summed E-state index contributed by atoms with van der Waals surface area (Å²) in [5, 5.41) is 3.53. The van der Waals surface area contributed by atoms with Crippen LogP contribution in [-0.4, -0.2) is 16.1 Å². The van der Waals surface area contributed by atoms with E-state index >= 15 is 0 Å². The predicted molar refractivity (Wildman–Crippen MR) is 73.0 cm³/mol. The van der Waals surface area contributed by atoms with Gasteiger partial charge in [0.25, 0.3) is 0 Å². The maximum Gasteiger partial charge on any atom is 0.203 e. The van der Waals surface area contributed by atoms with E-state index in [0.717, 1.165) is 18.5 Å². The van der Waals surface area contributed by atoms with Crippen LogP contribution >= 0.6 is 0 Å². The van der Waals surface area contributed by atoms with Crippen LogP contribution in [0.25, 0.3) is 0 Å². The molecule has 0 bridgehead atoms. The highest BCUT2D eigenvalue weighted by molar-refractivity contribution is 5.38. The number of anilines is 1. The maximum atomic E-state index is 4.86. The van der Waals surface area contributed by atoms with E-state index < -0.39 is 0 Å². The van der Waals surface area contributed by atoms with Gasteiger partial charge in [0.15, 0.2) is 0 Å². The fourth-order valence-corrected chi connectivity index (χ4v) is 4.29. The Bertz CT molecular complexity index is 443. The summed E-state index contributed by atoms with van der Waals surface area (Å²) in [7, 11) is 0. The zero-order valence-electron chi connectivity index (χ0n) is 11.1. The lowest BCUT2D eigenvalue weighted by molar-refractivity contribution is 0.305. The molecule has 2 aliphatic carbocycles. The molecule has 3 aliphatic rings. The Balaban J connectivity index is 1.75. The number of fused-ring (bicyclic) bond motifs is 3. The number of nitrogens with one attached hydrogen (secondary N) is 1. The molecule has 0 radical (unpaired) electrons. The largest absolute Gasteiger partial charge is 0.356 e. The Labute approximate surface area is 109 Å². The molecule has 1 fully saturated rings. The van der Waals surface area contributed by atoms with Crippen LogP contribution in [-0.2, 0) is 12.8 Å². The van der Waals surface area contributed by atoms with Crippen molar-refractivity contribution in [3.63, 3.8) is 0 Å². The Kier molecular flexibility index (Phi) is 2.59. The molecule has 3 heteroatoms. The summed E-state index contributed by atoms with van der Waals surface area (Å²) in [5.74, 6) is 2.11. The number of hydrogen-bond donors (Lipinski definition) is 1. The molecule has 4 rings (SSSR count). The Hall–Kier alpha value is -0.990. The van der Waals surface area contributed by atoms with Gasteiger partial charge in [0.2, 0.25) is 5.95 Å². The van der Waals surface area contributed by atoms with Crippen LogP contribution in [0.1, 0.15) is 62.4 Å². The second-order valence-corrected chi connectivity index (χ2v) is 6.23. The first-order chi connectivity index (χ1) is 8.93. The third-order valence-electron chi connectivity index (χ3n) is 5.17. The minimum Gasteiger partial charge on any atom is -0.356 e. The van der Waals surface area contributed by atoms with Gasteiger partial charge in [-0.2, -0.15) is 0 Å². The average molecular weight is 245 g/mol. The minimum atomic E-state index is 0.748. The highest BCUT2D eigenvalue weighted by atomic mass is 15.3. The van der Waals surface area contributed by atoms with Crippen LogP contribution in [0.5, 0.6) is 0 Å². The number of nitrogens with zero attached hydrogens (tertiary/aromatic N) is 2. The molecule has 1 atom stereocenters. The predicted octanol–water partition coefficient (Wildman–Crippen LogP) is 3.31. The quantitative estimate of drug-likeness (QED) is 0.822. The van der Waals surface area contributed by atoms with Crippen molar-refractivity contribution in [2.24, 2.45) is 5.92 Å². The van der Waals surface area contributed by atoms with Crippen molar-refractivity contribution >= 4 is 5.95 Å². The van der Waals surface area contributed by atoms with Gasteiger partial charge in [0, 0.05) is 18.3 Å². The van der Waals surface area contributed by atoms with E-state index in [1.165, 1.54) is 69.4 Å². The van der Waals surface area contributed by atoms with E-state index in [2.05, 4.69) is 9.88 Å². The number of hydrogen-bond acceptors (Lipinski definition) is 2. The van der Waals surface area contributed by atoms with Gasteiger partial charge in [-0.05, 0) is 50.9 Å². The summed E-state index contributed by atoms with van der Waals surface area (Å²) in [6, 6.07) is 0.748. The fourth-order valence-electron chi connectivity index (χ4n) is 4.29. The van der Waals surface area contributed by atoms with Gasteiger partial charge in [-0.25, -0.2) is 4.98 Å². The van der Waals surface area contributed by atoms with E-state index in [1.807, 2.05) is 0 Å². The van der Waals surface area contributed by atoms with Crippen molar-refractivity contribution < 1.29 is 0 Å². The molecular formula is C15H23N3. The molecule has 1 unspecified atom stereocenters. The summed E-state index contributed by atoms with van der Waals surface area (Å²) in [5.41, 5.74) is 2.97. The van der Waals surface area contributed by atoms with Gasteiger partial charge in [-0.15, -0.1) is 0 Å². The molecule has 1 N–H and O–H groups in total. The van der Waals surface area contributed by atoms with E-state index in [9.17, 15) is 0 Å². The molecule has 98 valence electrons. The average Bonchev–Trinajstić information content (AvgIpc) is 3.05. The summed E-state index contributed by atoms with van der Waals surface area (Å²) in [6.07, 6.45) is 12.2. The zero-order valence-corrected chi connectivity index (χ0v) is 11.1. The molecule has 1 aromatic heterocycles. The normalized spacial score (nSPS) is 27.7. The molecule has 1 saturated carbocycles. The Morgan fingerprint density at radius 1 is 1.00 bits per heavy atom. The smallest absolute Gasteiger partial charge is 0.203 e. The molecule has 3 nitrogen and oxygen atoms in total. The van der Waals surface area contributed by atoms with Gasteiger partial charge in [0.1, 0.15) is 0 Å². The van der Waals surface area contributed by atoms with E-state index in [-0.39, 0.29) is 0 Å². The van der Waals surface area contributed by atoms with Gasteiger partial charge >= 0.3 is 0 Å². The zero-order chi connectivity index (χ0) is 11.9. The highest BCUT2D eigenvalue weighted by Gasteiger charge is 2.33. The van der Waals surface area contributed by atoms with Gasteiger partial charge in [0.05, 0.1) is 5.69 Å². The monoisotopic (exact) mass is 245 g/mol. The second-order valence-electron chi connectivity index (χ2n) is 6.23. The van der Waals surface area contributed by atoms with Gasteiger partial charge < -0.3 is 9.88 Å². The molecule has 18 heavy (non-hydrogen) atoms. The lowest BCUT2D eigenvalue weighted by Crippen LogP contribution is -2.29. The van der Waals surface area contributed by atoms with Gasteiger partial charge in [-0.1, -0.05) is 12.8 Å². The number of imidazole rings is 1. The summed E-state index contributed by atoms with van der Waals surface area (Å²) in [4.78, 5) is 4.86. The standard InChI is InChI=1S/C15H23N3/c1-2-6-11(5-1)13-9-10-16-15-17-12-7-3-4-8-14(12)18(13)15/h11,13H,1-10H2,(H,16,17).